The summed E-state index contributed by atoms with van der Waals surface area (Å²) < 4.78 is 5.37. The van der Waals surface area contributed by atoms with E-state index in [1.165, 1.54) is 4.88 Å². The number of nitrogens with zero attached hydrogens (tertiary/aromatic N) is 4. The molecule has 2 aromatic carbocycles. The Morgan fingerprint density at radius 1 is 0.638 bits per heavy atom. The number of carbonyl (C=O) groups is 3. The lowest BCUT2D eigenvalue weighted by atomic mass is 9.90. The Bertz CT molecular complexity index is 2800. The zero-order valence-electron chi connectivity index (χ0n) is 41.1. The van der Waals surface area contributed by atoms with Crippen LogP contribution in [0.15, 0.2) is 96.0 Å². The van der Waals surface area contributed by atoms with Crippen molar-refractivity contribution >= 4 is 63.8 Å². The molecule has 4 aromatic heterocycles. The zero-order valence-corrected chi connectivity index (χ0v) is 44.3. The molecule has 0 radical (unpaired) electrons. The van der Waals surface area contributed by atoms with Crippen molar-refractivity contribution in [2.75, 3.05) is 26.2 Å². The molecule has 364 valence electrons. The van der Waals surface area contributed by atoms with Gasteiger partial charge in [0.1, 0.15) is 5.60 Å². The summed E-state index contributed by atoms with van der Waals surface area (Å²) >= 11 is 16.7. The van der Waals surface area contributed by atoms with Crippen molar-refractivity contribution in [1.29, 1.82) is 0 Å². The van der Waals surface area contributed by atoms with Crippen LogP contribution in [0.1, 0.15) is 120 Å². The largest absolute Gasteiger partial charge is 0.444 e. The van der Waals surface area contributed by atoms with Crippen molar-refractivity contribution in [2.24, 2.45) is 5.73 Å². The van der Waals surface area contributed by atoms with Crippen molar-refractivity contribution in [3.63, 3.8) is 0 Å². The number of thiophene rings is 2. The van der Waals surface area contributed by atoms with E-state index in [4.69, 9.17) is 33.7 Å². The number of halogens is 2. The second kappa shape index (κ2) is 21.5. The highest BCUT2D eigenvalue weighted by molar-refractivity contribution is 7.14. The lowest BCUT2D eigenvalue weighted by Gasteiger charge is -2.33. The highest BCUT2D eigenvalue weighted by Crippen LogP contribution is 2.39. The lowest BCUT2D eigenvalue weighted by Crippen LogP contribution is -2.50. The standard InChI is InChI=1S/C30H36ClN3O3S.C25H28ClN3OS/c1-29(2,3)26-16-19(11-12-32-26)25-15-21(18-38-25)23-10-9-20(14-24(23)31)27(35)34-13-7-8-22(17-34)33-28(36)37-30(4,5)6;1-25(2,3)23-13-16(8-9-28-23)22-12-18(15-31-22)20-7-6-17(11-21(20)26)24(30)29-10-4-5-19(27)14-29/h9-12,14-16,18,22H,7-8,13,17H2,1-6H3,(H,33,36);6-9,11-13,15,19H,4-5,10,14,27H2,1-3H3. The van der Waals surface area contributed by atoms with Gasteiger partial charge in [0.2, 0.25) is 0 Å². The predicted molar refractivity (Wildman–Crippen MR) is 285 cm³/mol. The SMILES string of the molecule is CC(C)(C)OC(=O)NC1CCCN(C(=O)c2ccc(-c3csc(-c4ccnc(C(C)(C)C)c4)c3)c(Cl)c2)C1.CC(C)(C)c1cc(-c2cc(-c3ccc(C(=O)N4CCCC(N)C4)cc3Cl)cs2)ccn1. The minimum Gasteiger partial charge on any atom is -0.444 e. The van der Waals surface area contributed by atoms with Gasteiger partial charge in [-0.2, -0.15) is 0 Å². The van der Waals surface area contributed by atoms with E-state index < -0.39 is 11.7 Å². The van der Waals surface area contributed by atoms with Crippen LogP contribution in [-0.2, 0) is 15.6 Å². The average Bonchev–Trinajstić information content (AvgIpc) is 3.99. The number of carbonyl (C=O) groups excluding carboxylic acids is 3. The molecule has 3 amide bonds. The van der Waals surface area contributed by atoms with E-state index >= 15 is 0 Å². The quantitative estimate of drug-likeness (QED) is 0.163. The molecule has 2 aliphatic rings. The fourth-order valence-corrected chi connectivity index (χ4v) is 10.7. The first kappa shape index (κ1) is 51.7. The molecule has 2 aliphatic heterocycles. The van der Waals surface area contributed by atoms with E-state index in [9.17, 15) is 14.4 Å². The van der Waals surface area contributed by atoms with Crippen LogP contribution in [0.2, 0.25) is 10.0 Å². The summed E-state index contributed by atoms with van der Waals surface area (Å²) in [6.07, 6.45) is 6.80. The second-order valence-electron chi connectivity index (χ2n) is 21.0. The highest BCUT2D eigenvalue weighted by atomic mass is 35.5. The van der Waals surface area contributed by atoms with Gasteiger partial charge >= 0.3 is 6.09 Å². The number of nitrogens with one attached hydrogen (secondary N) is 1. The van der Waals surface area contributed by atoms with Crippen LogP contribution in [0.5, 0.6) is 0 Å². The maximum absolute atomic E-state index is 13.3. The molecule has 0 saturated carbocycles. The summed E-state index contributed by atoms with van der Waals surface area (Å²) in [5.41, 5.74) is 14.9. The summed E-state index contributed by atoms with van der Waals surface area (Å²) in [6.45, 7) is 20.9. The number of alkyl carbamates (subject to hydrolysis) is 1. The Morgan fingerprint density at radius 3 is 1.54 bits per heavy atom. The van der Waals surface area contributed by atoms with E-state index in [1.54, 1.807) is 39.7 Å². The minimum absolute atomic E-state index is 0.0000510. The summed E-state index contributed by atoms with van der Waals surface area (Å²) in [5, 5.41) is 8.22. The fraction of sp³-hybridized carbons (Fsp3) is 0.400. The van der Waals surface area contributed by atoms with Gasteiger partial charge in [-0.15, -0.1) is 22.7 Å². The minimum atomic E-state index is -0.566. The van der Waals surface area contributed by atoms with E-state index in [-0.39, 0.29) is 34.7 Å². The van der Waals surface area contributed by atoms with Gasteiger partial charge in [-0.25, -0.2) is 4.79 Å². The van der Waals surface area contributed by atoms with Crippen molar-refractivity contribution in [1.82, 2.24) is 25.1 Å². The van der Waals surface area contributed by atoms with Crippen LogP contribution in [-0.4, -0.2) is 81.5 Å². The Balaban J connectivity index is 0.000000208. The molecule has 14 heteroatoms. The monoisotopic (exact) mass is 1010 g/mol. The van der Waals surface area contributed by atoms with E-state index in [1.807, 2.05) is 74.5 Å². The Hall–Kier alpha value is -5.11. The van der Waals surface area contributed by atoms with Crippen LogP contribution >= 0.6 is 45.9 Å². The molecule has 69 heavy (non-hydrogen) atoms. The molecule has 0 bridgehead atoms. The zero-order chi connectivity index (χ0) is 49.8. The summed E-state index contributed by atoms with van der Waals surface area (Å²) in [5.74, 6) is -0.0901. The molecule has 2 atom stereocenters. The molecule has 8 rings (SSSR count). The summed E-state index contributed by atoms with van der Waals surface area (Å²) in [4.78, 5) is 53.3. The number of hydrogen-bond donors (Lipinski definition) is 2. The third-order valence-electron chi connectivity index (χ3n) is 12.1. The highest BCUT2D eigenvalue weighted by Gasteiger charge is 2.28. The number of rotatable bonds is 7. The molecule has 0 spiro atoms. The number of hydrogen-bond acceptors (Lipinski definition) is 9. The number of likely N-dealkylation sites (tertiary alicyclic amines) is 2. The van der Waals surface area contributed by atoms with Crippen LogP contribution in [0.4, 0.5) is 4.79 Å². The third kappa shape index (κ3) is 13.4. The van der Waals surface area contributed by atoms with Crippen molar-refractivity contribution in [3.05, 3.63) is 129 Å². The van der Waals surface area contributed by atoms with Crippen molar-refractivity contribution < 1.29 is 19.1 Å². The van der Waals surface area contributed by atoms with Gasteiger partial charge in [-0.05, 0) is 140 Å². The van der Waals surface area contributed by atoms with Crippen molar-refractivity contribution in [2.45, 2.75) is 117 Å². The fourth-order valence-electron chi connectivity index (χ4n) is 8.32. The maximum atomic E-state index is 13.3. The average molecular weight is 1010 g/mol. The number of pyridine rings is 2. The molecule has 3 N–H and O–H groups in total. The molecule has 2 saturated heterocycles. The van der Waals surface area contributed by atoms with E-state index in [0.29, 0.717) is 40.8 Å². The van der Waals surface area contributed by atoms with Gasteiger partial charge < -0.3 is 25.6 Å². The first-order valence-electron chi connectivity index (χ1n) is 23.6. The Labute approximate surface area is 425 Å². The summed E-state index contributed by atoms with van der Waals surface area (Å²) in [7, 11) is 0. The van der Waals surface area contributed by atoms with Gasteiger partial charge in [0.05, 0.1) is 0 Å². The Kier molecular flexibility index (Phi) is 16.1. The predicted octanol–water partition coefficient (Wildman–Crippen LogP) is 13.5. The molecule has 10 nitrogen and oxygen atoms in total. The van der Waals surface area contributed by atoms with Gasteiger partial charge in [-0.1, -0.05) is 76.9 Å². The van der Waals surface area contributed by atoms with E-state index in [2.05, 4.69) is 91.9 Å². The molecule has 2 unspecified atom stereocenters. The van der Waals surface area contributed by atoms with E-state index in [0.717, 1.165) is 81.9 Å². The van der Waals surface area contributed by atoms with Gasteiger partial charge in [0.15, 0.2) is 0 Å². The first-order chi connectivity index (χ1) is 32.5. The number of aromatic nitrogens is 2. The van der Waals surface area contributed by atoms with Gasteiger partial charge in [-0.3, -0.25) is 19.6 Å². The number of piperidine rings is 2. The lowest BCUT2D eigenvalue weighted by molar-refractivity contribution is 0.0452. The number of benzene rings is 2. The maximum Gasteiger partial charge on any atom is 0.407 e. The Morgan fingerprint density at radius 2 is 1.10 bits per heavy atom. The molecule has 6 heterocycles. The van der Waals surface area contributed by atoms with Crippen LogP contribution < -0.4 is 11.1 Å². The number of ether oxygens (including phenoxy) is 1. The molecular weight excluding hydrogens is 944 g/mol. The number of nitrogens with two attached hydrogens (primary N) is 1. The molecule has 6 aromatic rings. The van der Waals surface area contributed by atoms with Crippen molar-refractivity contribution in [3.8, 4) is 43.1 Å². The smallest absolute Gasteiger partial charge is 0.407 e. The van der Waals surface area contributed by atoms with Crippen LogP contribution in [0.3, 0.4) is 0 Å². The normalized spacial score (nSPS) is 16.6. The second-order valence-corrected chi connectivity index (χ2v) is 23.7. The molecular formula is C55H64Cl2N6O4S2. The van der Waals surface area contributed by atoms with Gasteiger partial charge in [0, 0.05) is 115 Å². The summed E-state index contributed by atoms with van der Waals surface area (Å²) in [6, 6.07) is 23.6. The first-order valence-corrected chi connectivity index (χ1v) is 26.1. The number of amides is 3. The van der Waals surface area contributed by atoms with Crippen LogP contribution in [0.25, 0.3) is 43.1 Å². The van der Waals surface area contributed by atoms with Crippen LogP contribution in [0, 0.1) is 0 Å². The molecule has 0 aliphatic carbocycles. The molecule has 2 fully saturated rings. The topological polar surface area (TPSA) is 131 Å². The van der Waals surface area contributed by atoms with Gasteiger partial charge in [0.25, 0.3) is 11.8 Å². The third-order valence-corrected chi connectivity index (χ3v) is 14.6.